The van der Waals surface area contributed by atoms with Crippen LogP contribution < -0.4 is 5.32 Å². The van der Waals surface area contributed by atoms with Crippen LogP contribution in [0, 0.1) is 0 Å². The topological polar surface area (TPSA) is 52.7 Å². The summed E-state index contributed by atoms with van der Waals surface area (Å²) < 4.78 is 0. The molecular weight excluding hydrogens is 326 g/mol. The summed E-state index contributed by atoms with van der Waals surface area (Å²) >= 11 is 0. The molecule has 136 valence electrons. The number of benzene rings is 2. The van der Waals surface area contributed by atoms with Crippen LogP contribution in [0.1, 0.15) is 24.2 Å². The molecule has 0 spiro atoms. The molecule has 1 fully saturated rings. The summed E-state index contributed by atoms with van der Waals surface area (Å²) in [6.45, 7) is 6.11. The van der Waals surface area contributed by atoms with Crippen molar-refractivity contribution < 1.29 is 9.59 Å². The first-order valence-electron chi connectivity index (χ1n) is 9.05. The van der Waals surface area contributed by atoms with Crippen molar-refractivity contribution in [3.63, 3.8) is 0 Å². The molecule has 3 rings (SSSR count). The fourth-order valence-corrected chi connectivity index (χ4v) is 3.10. The molecule has 2 aromatic rings. The van der Waals surface area contributed by atoms with E-state index < -0.39 is 0 Å². The molecule has 0 radical (unpaired) electrons. The highest BCUT2D eigenvalue weighted by Gasteiger charge is 2.25. The van der Waals surface area contributed by atoms with Crippen LogP contribution in [0.2, 0.25) is 0 Å². The van der Waals surface area contributed by atoms with Crippen molar-refractivity contribution in [1.82, 2.24) is 15.1 Å². The third-order valence-electron chi connectivity index (χ3n) is 4.48. The first-order valence-corrected chi connectivity index (χ1v) is 9.05. The lowest BCUT2D eigenvalue weighted by Gasteiger charge is -2.35. The van der Waals surface area contributed by atoms with Crippen LogP contribution >= 0.6 is 0 Å². The molecule has 1 saturated heterocycles. The number of urea groups is 1. The van der Waals surface area contributed by atoms with E-state index in [1.54, 1.807) is 4.90 Å². The molecule has 0 aliphatic carbocycles. The Morgan fingerprint density at radius 2 is 1.46 bits per heavy atom. The van der Waals surface area contributed by atoms with Crippen LogP contribution in [0.5, 0.6) is 0 Å². The maximum atomic E-state index is 12.8. The first-order chi connectivity index (χ1) is 12.5. The van der Waals surface area contributed by atoms with Crippen LogP contribution in [0.15, 0.2) is 54.6 Å². The molecule has 0 atom stereocenters. The van der Waals surface area contributed by atoms with Gasteiger partial charge in [0.25, 0.3) is 5.91 Å². The third-order valence-corrected chi connectivity index (χ3v) is 4.48. The van der Waals surface area contributed by atoms with Gasteiger partial charge in [0.15, 0.2) is 0 Å². The van der Waals surface area contributed by atoms with Crippen LogP contribution in [-0.4, -0.2) is 54.0 Å². The highest BCUT2D eigenvalue weighted by molar-refractivity contribution is 5.95. The lowest BCUT2D eigenvalue weighted by molar-refractivity contribution is 0.0664. The van der Waals surface area contributed by atoms with E-state index in [-0.39, 0.29) is 18.0 Å². The summed E-state index contributed by atoms with van der Waals surface area (Å²) in [4.78, 5) is 28.5. The second-order valence-corrected chi connectivity index (χ2v) is 6.83. The van der Waals surface area contributed by atoms with E-state index in [0.29, 0.717) is 31.7 Å². The van der Waals surface area contributed by atoms with Crippen molar-refractivity contribution in [1.29, 1.82) is 0 Å². The van der Waals surface area contributed by atoms with Crippen LogP contribution in [-0.2, 0) is 0 Å². The Bertz CT molecular complexity index is 766. The summed E-state index contributed by atoms with van der Waals surface area (Å²) in [5.41, 5.74) is 2.81. The van der Waals surface area contributed by atoms with Crippen molar-refractivity contribution in [2.45, 2.75) is 19.9 Å². The summed E-state index contributed by atoms with van der Waals surface area (Å²) in [6.07, 6.45) is 0. The smallest absolute Gasteiger partial charge is 0.317 e. The summed E-state index contributed by atoms with van der Waals surface area (Å²) in [5.74, 6) is 0.0201. The van der Waals surface area contributed by atoms with Gasteiger partial charge in [0.2, 0.25) is 0 Å². The Labute approximate surface area is 154 Å². The number of carbonyl (C=O) groups is 2. The number of amides is 3. The fourth-order valence-electron chi connectivity index (χ4n) is 3.10. The number of nitrogens with one attached hydrogen (secondary N) is 1. The van der Waals surface area contributed by atoms with Gasteiger partial charge >= 0.3 is 6.03 Å². The quantitative estimate of drug-likeness (QED) is 0.923. The number of rotatable bonds is 3. The van der Waals surface area contributed by atoms with Gasteiger partial charge in [0.05, 0.1) is 0 Å². The van der Waals surface area contributed by atoms with Crippen molar-refractivity contribution in [3.8, 4) is 11.1 Å². The number of carbonyl (C=O) groups excluding carboxylic acids is 2. The Kier molecular flexibility index (Phi) is 5.56. The molecule has 5 heteroatoms. The molecular formula is C21H25N3O2. The Morgan fingerprint density at radius 1 is 0.846 bits per heavy atom. The van der Waals surface area contributed by atoms with E-state index in [9.17, 15) is 9.59 Å². The van der Waals surface area contributed by atoms with E-state index in [1.807, 2.05) is 73.3 Å². The zero-order chi connectivity index (χ0) is 18.5. The van der Waals surface area contributed by atoms with Gasteiger partial charge in [0.1, 0.15) is 0 Å². The Balaban J connectivity index is 1.65. The molecule has 1 heterocycles. The largest absolute Gasteiger partial charge is 0.336 e. The molecule has 1 aliphatic heterocycles. The molecule has 5 nitrogen and oxygen atoms in total. The molecule has 1 N–H and O–H groups in total. The molecule has 2 aromatic carbocycles. The highest BCUT2D eigenvalue weighted by atomic mass is 16.2. The van der Waals surface area contributed by atoms with Crippen LogP contribution in [0.25, 0.3) is 11.1 Å². The maximum absolute atomic E-state index is 12.8. The van der Waals surface area contributed by atoms with Gasteiger partial charge < -0.3 is 15.1 Å². The van der Waals surface area contributed by atoms with Crippen molar-refractivity contribution >= 4 is 11.9 Å². The van der Waals surface area contributed by atoms with E-state index in [0.717, 1.165) is 11.1 Å². The van der Waals surface area contributed by atoms with Gasteiger partial charge in [-0.1, -0.05) is 42.5 Å². The third kappa shape index (κ3) is 4.23. The van der Waals surface area contributed by atoms with Gasteiger partial charge in [-0.3, -0.25) is 4.79 Å². The highest BCUT2D eigenvalue weighted by Crippen LogP contribution is 2.21. The number of nitrogens with zero attached hydrogens (tertiary/aromatic N) is 2. The van der Waals surface area contributed by atoms with E-state index in [1.165, 1.54) is 0 Å². The van der Waals surface area contributed by atoms with Crippen molar-refractivity contribution in [2.24, 2.45) is 0 Å². The monoisotopic (exact) mass is 351 g/mol. The van der Waals surface area contributed by atoms with E-state index in [4.69, 9.17) is 0 Å². The van der Waals surface area contributed by atoms with Gasteiger partial charge in [-0.05, 0) is 37.1 Å². The summed E-state index contributed by atoms with van der Waals surface area (Å²) in [7, 11) is 0. The predicted molar refractivity (Wildman–Crippen MR) is 103 cm³/mol. The molecule has 0 unspecified atom stereocenters. The minimum atomic E-state index is -0.0572. The molecule has 0 aromatic heterocycles. The second-order valence-electron chi connectivity index (χ2n) is 6.83. The van der Waals surface area contributed by atoms with Gasteiger partial charge in [0, 0.05) is 37.8 Å². The summed E-state index contributed by atoms with van der Waals surface area (Å²) in [5, 5.41) is 2.90. The number of hydrogen-bond donors (Lipinski definition) is 1. The van der Waals surface area contributed by atoms with Gasteiger partial charge in [-0.25, -0.2) is 4.79 Å². The molecule has 3 amide bonds. The molecule has 1 aliphatic rings. The SMILES string of the molecule is CC(C)NC(=O)N1CCN(C(=O)c2cccc(-c3ccccc3)c2)CC1. The Morgan fingerprint density at radius 3 is 2.12 bits per heavy atom. The van der Waals surface area contributed by atoms with E-state index >= 15 is 0 Å². The first kappa shape index (κ1) is 18.0. The lowest BCUT2D eigenvalue weighted by atomic mass is 10.0. The molecule has 0 saturated carbocycles. The molecule has 0 bridgehead atoms. The normalized spacial score (nSPS) is 14.4. The predicted octanol–water partition coefficient (Wildman–Crippen LogP) is 3.23. The number of hydrogen-bond acceptors (Lipinski definition) is 2. The van der Waals surface area contributed by atoms with E-state index in [2.05, 4.69) is 5.32 Å². The summed E-state index contributed by atoms with van der Waals surface area (Å²) in [6, 6.07) is 17.8. The van der Waals surface area contributed by atoms with Crippen LogP contribution in [0.4, 0.5) is 4.79 Å². The van der Waals surface area contributed by atoms with Gasteiger partial charge in [-0.2, -0.15) is 0 Å². The lowest BCUT2D eigenvalue weighted by Crippen LogP contribution is -2.54. The standard InChI is InChI=1S/C21H25N3O2/c1-16(2)22-21(26)24-13-11-23(12-14-24)20(25)19-10-6-9-18(15-19)17-7-4-3-5-8-17/h3-10,15-16H,11-14H2,1-2H3,(H,22,26). The average Bonchev–Trinajstić information content (AvgIpc) is 2.68. The maximum Gasteiger partial charge on any atom is 0.317 e. The zero-order valence-corrected chi connectivity index (χ0v) is 15.3. The zero-order valence-electron chi connectivity index (χ0n) is 15.3. The van der Waals surface area contributed by atoms with Crippen molar-refractivity contribution in [2.75, 3.05) is 26.2 Å². The minimum Gasteiger partial charge on any atom is -0.336 e. The molecule has 26 heavy (non-hydrogen) atoms. The minimum absolute atomic E-state index is 0.0201. The van der Waals surface area contributed by atoms with Crippen molar-refractivity contribution in [3.05, 3.63) is 60.2 Å². The van der Waals surface area contributed by atoms with Crippen LogP contribution in [0.3, 0.4) is 0 Å². The fraction of sp³-hybridized carbons (Fsp3) is 0.333. The number of piperazine rings is 1. The average molecular weight is 351 g/mol. The van der Waals surface area contributed by atoms with Gasteiger partial charge in [-0.15, -0.1) is 0 Å². The Hall–Kier alpha value is -2.82. The second kappa shape index (κ2) is 8.04.